The fourth-order valence-corrected chi connectivity index (χ4v) is 3.00. The molecule has 1 aromatic carbocycles. The maximum absolute atomic E-state index is 12.5. The molecule has 8 heteroatoms. The van der Waals surface area contributed by atoms with Crippen LogP contribution in [0.3, 0.4) is 0 Å². The van der Waals surface area contributed by atoms with Gasteiger partial charge < -0.3 is 15.4 Å². The molecule has 1 amide bonds. The van der Waals surface area contributed by atoms with Crippen LogP contribution < -0.4 is 10.5 Å². The molecule has 0 unspecified atom stereocenters. The number of ether oxygens (including phenoxy) is 1. The van der Waals surface area contributed by atoms with Gasteiger partial charge in [0.2, 0.25) is 5.91 Å². The second kappa shape index (κ2) is 10.6. The molecule has 1 aliphatic rings. The van der Waals surface area contributed by atoms with Gasteiger partial charge in [-0.1, -0.05) is 32.4 Å². The zero-order chi connectivity index (χ0) is 17.9. The molecule has 0 aliphatic carbocycles. The van der Waals surface area contributed by atoms with E-state index in [2.05, 4.69) is 4.90 Å². The molecule has 0 aromatic heterocycles. The van der Waals surface area contributed by atoms with E-state index in [1.54, 1.807) is 7.11 Å². The molecule has 1 saturated heterocycles. The van der Waals surface area contributed by atoms with Crippen LogP contribution in [-0.2, 0) is 11.3 Å². The number of carbonyl (C=O) groups is 1. The highest BCUT2D eigenvalue weighted by Crippen LogP contribution is 2.25. The number of nitrogens with two attached hydrogens (primary N) is 1. The van der Waals surface area contributed by atoms with Crippen molar-refractivity contribution in [2.45, 2.75) is 33.4 Å². The Morgan fingerprint density at radius 2 is 1.81 bits per heavy atom. The number of piperazine rings is 1. The third kappa shape index (κ3) is 6.46. The minimum atomic E-state index is -0.461. The molecule has 0 radical (unpaired) electrons. The Balaban J connectivity index is 0.00000312. The van der Waals surface area contributed by atoms with Crippen molar-refractivity contribution >= 4 is 42.3 Å². The summed E-state index contributed by atoms with van der Waals surface area (Å²) in [6, 6.07) is 5.19. The molecule has 1 atom stereocenters. The van der Waals surface area contributed by atoms with Crippen molar-refractivity contribution in [1.29, 1.82) is 0 Å². The third-order valence-corrected chi connectivity index (χ3v) is 4.75. The fourth-order valence-electron chi connectivity index (χ4n) is 2.81. The van der Waals surface area contributed by atoms with Crippen LogP contribution in [0.2, 0.25) is 5.02 Å². The van der Waals surface area contributed by atoms with Crippen molar-refractivity contribution in [3.05, 3.63) is 28.8 Å². The summed E-state index contributed by atoms with van der Waals surface area (Å²) in [7, 11) is 1.66. The quantitative estimate of drug-likeness (QED) is 0.803. The fraction of sp³-hybridized carbons (Fsp3) is 0.611. The average molecular weight is 427 g/mol. The van der Waals surface area contributed by atoms with Crippen LogP contribution in [0.5, 0.6) is 5.75 Å². The second-order valence-electron chi connectivity index (χ2n) is 7.40. The Morgan fingerprint density at radius 3 is 2.31 bits per heavy atom. The van der Waals surface area contributed by atoms with Gasteiger partial charge >= 0.3 is 0 Å². The minimum Gasteiger partial charge on any atom is -0.496 e. The normalized spacial score (nSPS) is 16.3. The number of rotatable bonds is 4. The molecule has 0 bridgehead atoms. The monoisotopic (exact) mass is 425 g/mol. The second-order valence-corrected chi connectivity index (χ2v) is 7.84. The maximum atomic E-state index is 12.5. The van der Waals surface area contributed by atoms with E-state index in [1.165, 1.54) is 0 Å². The van der Waals surface area contributed by atoms with Crippen LogP contribution in [0.15, 0.2) is 18.2 Å². The first-order valence-corrected chi connectivity index (χ1v) is 8.69. The Hall–Kier alpha value is -0.720. The third-order valence-electron chi connectivity index (χ3n) is 4.52. The van der Waals surface area contributed by atoms with Crippen molar-refractivity contribution in [2.75, 3.05) is 33.3 Å². The van der Waals surface area contributed by atoms with E-state index in [0.29, 0.717) is 18.1 Å². The van der Waals surface area contributed by atoms with Crippen LogP contribution in [0, 0.1) is 5.41 Å². The van der Waals surface area contributed by atoms with E-state index in [1.807, 2.05) is 43.9 Å². The van der Waals surface area contributed by atoms with Crippen molar-refractivity contribution < 1.29 is 9.53 Å². The van der Waals surface area contributed by atoms with Crippen molar-refractivity contribution in [3.8, 4) is 5.75 Å². The van der Waals surface area contributed by atoms with Gasteiger partial charge in [0.05, 0.1) is 13.2 Å². The standard InChI is InChI=1S/C18H28ClN3O2.2ClH/c1-18(2,3)16(20)17(23)22-9-7-21(8-10-22)12-13-11-14(19)5-6-15(13)24-4;;/h5-6,11,16H,7-10,12,20H2,1-4H3;2*1H/t16-;;/m1../s1. The zero-order valence-electron chi connectivity index (χ0n) is 15.8. The predicted molar refractivity (Wildman–Crippen MR) is 112 cm³/mol. The summed E-state index contributed by atoms with van der Waals surface area (Å²) in [5.74, 6) is 0.884. The lowest BCUT2D eigenvalue weighted by atomic mass is 9.86. The SMILES string of the molecule is COc1ccc(Cl)cc1CN1CCN(C(=O)[C@@H](N)C(C)(C)C)CC1.Cl.Cl. The minimum absolute atomic E-state index is 0. The largest absolute Gasteiger partial charge is 0.496 e. The Morgan fingerprint density at radius 1 is 1.23 bits per heavy atom. The Bertz CT molecular complexity index is 586. The summed E-state index contributed by atoms with van der Waals surface area (Å²) in [5.41, 5.74) is 6.95. The zero-order valence-corrected chi connectivity index (χ0v) is 18.2. The molecule has 0 spiro atoms. The molecule has 26 heavy (non-hydrogen) atoms. The Labute approximate surface area is 174 Å². The summed E-state index contributed by atoms with van der Waals surface area (Å²) in [6.07, 6.45) is 0. The van der Waals surface area contributed by atoms with Gasteiger partial charge in [-0.05, 0) is 23.6 Å². The van der Waals surface area contributed by atoms with Crippen LogP contribution in [0.25, 0.3) is 0 Å². The van der Waals surface area contributed by atoms with Gasteiger partial charge in [0.15, 0.2) is 0 Å². The van der Waals surface area contributed by atoms with Crippen LogP contribution >= 0.6 is 36.4 Å². The number of carbonyl (C=O) groups excluding carboxylic acids is 1. The summed E-state index contributed by atoms with van der Waals surface area (Å²) in [4.78, 5) is 16.7. The molecule has 150 valence electrons. The smallest absolute Gasteiger partial charge is 0.240 e. The number of halogens is 3. The molecule has 2 rings (SSSR count). The molecule has 1 heterocycles. The average Bonchev–Trinajstić information content (AvgIpc) is 2.53. The lowest BCUT2D eigenvalue weighted by Crippen LogP contribution is -2.56. The first kappa shape index (κ1) is 25.3. The van der Waals surface area contributed by atoms with E-state index < -0.39 is 6.04 Å². The number of methoxy groups -OCH3 is 1. The van der Waals surface area contributed by atoms with Crippen molar-refractivity contribution in [2.24, 2.45) is 11.1 Å². The van der Waals surface area contributed by atoms with Gasteiger partial charge in [-0.2, -0.15) is 0 Å². The number of hydrogen-bond acceptors (Lipinski definition) is 4. The van der Waals surface area contributed by atoms with Crippen LogP contribution in [-0.4, -0.2) is 55.0 Å². The first-order valence-electron chi connectivity index (χ1n) is 8.31. The van der Waals surface area contributed by atoms with Crippen LogP contribution in [0.1, 0.15) is 26.3 Å². The molecule has 5 nitrogen and oxygen atoms in total. The van der Waals surface area contributed by atoms with E-state index in [-0.39, 0.29) is 36.1 Å². The summed E-state index contributed by atoms with van der Waals surface area (Å²) in [5, 5.41) is 0.704. The van der Waals surface area contributed by atoms with E-state index in [0.717, 1.165) is 30.9 Å². The van der Waals surface area contributed by atoms with E-state index in [9.17, 15) is 4.79 Å². The van der Waals surface area contributed by atoms with E-state index >= 15 is 0 Å². The van der Waals surface area contributed by atoms with Gasteiger partial charge in [0, 0.05) is 43.3 Å². The van der Waals surface area contributed by atoms with Crippen molar-refractivity contribution in [1.82, 2.24) is 9.80 Å². The lowest BCUT2D eigenvalue weighted by Gasteiger charge is -2.38. The van der Waals surface area contributed by atoms with Crippen molar-refractivity contribution in [3.63, 3.8) is 0 Å². The first-order chi connectivity index (χ1) is 11.2. The number of amides is 1. The van der Waals surface area contributed by atoms with Gasteiger partial charge in [-0.15, -0.1) is 24.8 Å². The molecule has 1 fully saturated rings. The predicted octanol–water partition coefficient (Wildman–Crippen LogP) is 3.21. The topological polar surface area (TPSA) is 58.8 Å². The van der Waals surface area contributed by atoms with Gasteiger partial charge in [-0.3, -0.25) is 9.69 Å². The lowest BCUT2D eigenvalue weighted by molar-refractivity contribution is -0.136. The summed E-state index contributed by atoms with van der Waals surface area (Å²) in [6.45, 7) is 9.79. The number of hydrogen-bond donors (Lipinski definition) is 1. The Kier molecular flexibility index (Phi) is 10.3. The molecular weight excluding hydrogens is 397 g/mol. The molecular formula is C18H30Cl3N3O2. The highest BCUT2D eigenvalue weighted by Gasteiger charge is 2.32. The van der Waals surface area contributed by atoms with Gasteiger partial charge in [-0.25, -0.2) is 0 Å². The van der Waals surface area contributed by atoms with Gasteiger partial charge in [0.25, 0.3) is 0 Å². The van der Waals surface area contributed by atoms with Gasteiger partial charge in [0.1, 0.15) is 5.75 Å². The molecule has 0 saturated carbocycles. The molecule has 2 N–H and O–H groups in total. The van der Waals surface area contributed by atoms with E-state index in [4.69, 9.17) is 22.1 Å². The summed E-state index contributed by atoms with van der Waals surface area (Å²) < 4.78 is 5.40. The highest BCUT2D eigenvalue weighted by molar-refractivity contribution is 6.30. The number of benzene rings is 1. The molecule has 1 aromatic rings. The maximum Gasteiger partial charge on any atom is 0.240 e. The van der Waals surface area contributed by atoms with Crippen LogP contribution in [0.4, 0.5) is 0 Å². The summed E-state index contributed by atoms with van der Waals surface area (Å²) >= 11 is 6.09. The molecule has 1 aliphatic heterocycles. The number of nitrogens with zero attached hydrogens (tertiary/aromatic N) is 2. The highest BCUT2D eigenvalue weighted by atomic mass is 35.5.